The molecule has 0 atom stereocenters. The Kier molecular flexibility index (Phi) is 4.14. The molecule has 1 aromatic rings. The number of H-pyrrole nitrogens is 1. The van der Waals surface area contributed by atoms with E-state index in [9.17, 15) is 13.2 Å². The second kappa shape index (κ2) is 5.43. The SMILES string of the molecule is Cc1[nH]c(C(=O)O)c(C)c1S(=O)(=O)NC1(C)CCOCC1. The highest BCUT2D eigenvalue weighted by Crippen LogP contribution is 2.27. The van der Waals surface area contributed by atoms with Crippen LogP contribution in [-0.4, -0.2) is 43.2 Å². The van der Waals surface area contributed by atoms with E-state index in [4.69, 9.17) is 9.84 Å². The summed E-state index contributed by atoms with van der Waals surface area (Å²) < 4.78 is 33.2. The molecule has 21 heavy (non-hydrogen) atoms. The molecule has 1 aromatic heterocycles. The number of carbonyl (C=O) groups is 1. The van der Waals surface area contributed by atoms with Gasteiger partial charge in [0.15, 0.2) is 0 Å². The average Bonchev–Trinajstić information content (AvgIpc) is 2.65. The molecule has 2 rings (SSSR count). The van der Waals surface area contributed by atoms with Gasteiger partial charge in [0.05, 0.1) is 0 Å². The van der Waals surface area contributed by atoms with E-state index in [0.29, 0.717) is 31.7 Å². The maximum Gasteiger partial charge on any atom is 0.352 e. The van der Waals surface area contributed by atoms with E-state index < -0.39 is 21.5 Å². The molecule has 0 saturated carbocycles. The molecule has 0 bridgehead atoms. The summed E-state index contributed by atoms with van der Waals surface area (Å²) in [5, 5.41) is 9.08. The van der Waals surface area contributed by atoms with E-state index in [1.54, 1.807) is 6.92 Å². The molecule has 2 heterocycles. The number of sulfonamides is 1. The Hall–Kier alpha value is -1.38. The Bertz CT molecular complexity index is 656. The quantitative estimate of drug-likeness (QED) is 0.773. The van der Waals surface area contributed by atoms with Crippen LogP contribution in [0.15, 0.2) is 4.90 Å². The molecule has 1 fully saturated rings. The Morgan fingerprint density at radius 3 is 2.38 bits per heavy atom. The number of aromatic carboxylic acids is 1. The normalized spacial score (nSPS) is 18.6. The van der Waals surface area contributed by atoms with Crippen LogP contribution >= 0.6 is 0 Å². The molecular weight excluding hydrogens is 296 g/mol. The largest absolute Gasteiger partial charge is 0.477 e. The monoisotopic (exact) mass is 316 g/mol. The van der Waals surface area contributed by atoms with E-state index >= 15 is 0 Å². The predicted molar refractivity (Wildman–Crippen MR) is 76.0 cm³/mol. The zero-order valence-electron chi connectivity index (χ0n) is 12.3. The minimum atomic E-state index is -3.79. The van der Waals surface area contributed by atoms with Crippen molar-refractivity contribution < 1.29 is 23.1 Å². The van der Waals surface area contributed by atoms with E-state index in [-0.39, 0.29) is 16.2 Å². The van der Waals surface area contributed by atoms with Gasteiger partial charge in [0, 0.05) is 30.0 Å². The summed E-state index contributed by atoms with van der Waals surface area (Å²) in [5.41, 5.74) is -0.113. The first-order valence-corrected chi connectivity index (χ1v) is 8.19. The third-order valence-corrected chi connectivity index (χ3v) is 5.74. The van der Waals surface area contributed by atoms with Crippen LogP contribution in [0, 0.1) is 13.8 Å². The number of aryl methyl sites for hydroxylation is 1. The van der Waals surface area contributed by atoms with Gasteiger partial charge in [-0.1, -0.05) is 0 Å². The fraction of sp³-hybridized carbons (Fsp3) is 0.615. The molecule has 8 heteroatoms. The summed E-state index contributed by atoms with van der Waals surface area (Å²) in [7, 11) is -3.79. The van der Waals surface area contributed by atoms with E-state index in [1.807, 2.05) is 6.92 Å². The lowest BCUT2D eigenvalue weighted by atomic mass is 9.94. The van der Waals surface area contributed by atoms with Gasteiger partial charge in [-0.3, -0.25) is 0 Å². The van der Waals surface area contributed by atoms with Gasteiger partial charge in [-0.2, -0.15) is 0 Å². The highest BCUT2D eigenvalue weighted by Gasteiger charge is 2.35. The fourth-order valence-corrected chi connectivity index (χ4v) is 4.56. The van der Waals surface area contributed by atoms with E-state index in [2.05, 4.69) is 9.71 Å². The molecule has 1 saturated heterocycles. The molecule has 118 valence electrons. The van der Waals surface area contributed by atoms with Crippen molar-refractivity contribution in [2.75, 3.05) is 13.2 Å². The van der Waals surface area contributed by atoms with Gasteiger partial charge in [-0.25, -0.2) is 17.9 Å². The summed E-state index contributed by atoms with van der Waals surface area (Å²) in [4.78, 5) is 13.8. The van der Waals surface area contributed by atoms with Crippen molar-refractivity contribution in [1.29, 1.82) is 0 Å². The van der Waals surface area contributed by atoms with Gasteiger partial charge in [0.25, 0.3) is 0 Å². The molecule has 0 aliphatic carbocycles. The average molecular weight is 316 g/mol. The Morgan fingerprint density at radius 1 is 1.33 bits per heavy atom. The third kappa shape index (κ3) is 3.12. The number of aromatic amines is 1. The molecular formula is C13H20N2O5S. The molecule has 0 aromatic carbocycles. The minimum absolute atomic E-state index is 0.0209. The van der Waals surface area contributed by atoms with Crippen LogP contribution in [-0.2, 0) is 14.8 Å². The molecule has 0 amide bonds. The molecule has 3 N–H and O–H groups in total. The lowest BCUT2D eigenvalue weighted by Crippen LogP contribution is -2.49. The predicted octanol–water partition coefficient (Wildman–Crippen LogP) is 1.18. The Labute approximate surface area is 123 Å². The molecule has 7 nitrogen and oxygen atoms in total. The zero-order chi connectivity index (χ0) is 15.8. The lowest BCUT2D eigenvalue weighted by molar-refractivity contribution is 0.0537. The van der Waals surface area contributed by atoms with Crippen LogP contribution in [0.3, 0.4) is 0 Å². The van der Waals surface area contributed by atoms with Crippen molar-refractivity contribution in [1.82, 2.24) is 9.71 Å². The second-order valence-corrected chi connectivity index (χ2v) is 7.28. The second-order valence-electron chi connectivity index (χ2n) is 5.66. The number of aromatic nitrogens is 1. The maximum absolute atomic E-state index is 12.6. The molecule has 0 radical (unpaired) electrons. The molecule has 0 unspecified atom stereocenters. The zero-order valence-corrected chi connectivity index (χ0v) is 13.1. The first kappa shape index (κ1) is 16.0. The number of hydrogen-bond acceptors (Lipinski definition) is 4. The van der Waals surface area contributed by atoms with Crippen LogP contribution in [0.1, 0.15) is 41.5 Å². The highest BCUT2D eigenvalue weighted by atomic mass is 32.2. The minimum Gasteiger partial charge on any atom is -0.477 e. The number of carboxylic acid groups (broad SMARTS) is 1. The molecule has 0 spiro atoms. The van der Waals surface area contributed by atoms with Gasteiger partial charge in [0.1, 0.15) is 10.6 Å². The van der Waals surface area contributed by atoms with Gasteiger partial charge in [0.2, 0.25) is 10.0 Å². The van der Waals surface area contributed by atoms with Crippen molar-refractivity contribution in [2.24, 2.45) is 0 Å². The number of rotatable bonds is 4. The van der Waals surface area contributed by atoms with Crippen molar-refractivity contribution in [3.05, 3.63) is 17.0 Å². The number of hydrogen-bond donors (Lipinski definition) is 3. The highest BCUT2D eigenvalue weighted by molar-refractivity contribution is 7.89. The van der Waals surface area contributed by atoms with Crippen LogP contribution in [0.2, 0.25) is 0 Å². The first-order valence-electron chi connectivity index (χ1n) is 6.70. The summed E-state index contributed by atoms with van der Waals surface area (Å²) in [6.07, 6.45) is 1.17. The Balaban J connectivity index is 2.38. The number of ether oxygens (including phenoxy) is 1. The molecule has 1 aliphatic heterocycles. The summed E-state index contributed by atoms with van der Waals surface area (Å²) in [5.74, 6) is -1.17. The number of carboxylic acids is 1. The van der Waals surface area contributed by atoms with E-state index in [0.717, 1.165) is 0 Å². The topological polar surface area (TPSA) is 108 Å². The smallest absolute Gasteiger partial charge is 0.352 e. The van der Waals surface area contributed by atoms with Gasteiger partial charge >= 0.3 is 5.97 Å². The van der Waals surface area contributed by atoms with Crippen molar-refractivity contribution in [3.63, 3.8) is 0 Å². The van der Waals surface area contributed by atoms with Gasteiger partial charge < -0.3 is 14.8 Å². The van der Waals surface area contributed by atoms with Crippen molar-refractivity contribution in [3.8, 4) is 0 Å². The standard InChI is InChI=1S/C13H20N2O5S/c1-8-10(12(16)17)14-9(2)11(8)21(18,19)15-13(3)4-6-20-7-5-13/h14-15H,4-7H2,1-3H3,(H,16,17). The van der Waals surface area contributed by atoms with Crippen LogP contribution in [0.5, 0.6) is 0 Å². The lowest BCUT2D eigenvalue weighted by Gasteiger charge is -2.34. The Morgan fingerprint density at radius 2 is 1.90 bits per heavy atom. The summed E-state index contributed by atoms with van der Waals surface area (Å²) >= 11 is 0. The van der Waals surface area contributed by atoms with Crippen LogP contribution < -0.4 is 4.72 Å². The summed E-state index contributed by atoms with van der Waals surface area (Å²) in [6.45, 7) is 5.89. The fourth-order valence-electron chi connectivity index (χ4n) is 2.65. The van der Waals surface area contributed by atoms with Crippen molar-refractivity contribution >= 4 is 16.0 Å². The van der Waals surface area contributed by atoms with Crippen LogP contribution in [0.4, 0.5) is 0 Å². The summed E-state index contributed by atoms with van der Waals surface area (Å²) in [6, 6.07) is 0. The van der Waals surface area contributed by atoms with Crippen molar-refractivity contribution in [2.45, 2.75) is 44.0 Å². The van der Waals surface area contributed by atoms with Crippen LogP contribution in [0.25, 0.3) is 0 Å². The van der Waals surface area contributed by atoms with E-state index in [1.165, 1.54) is 6.92 Å². The first-order chi connectivity index (χ1) is 9.66. The number of nitrogens with one attached hydrogen (secondary N) is 2. The van der Waals surface area contributed by atoms with Gasteiger partial charge in [-0.15, -0.1) is 0 Å². The third-order valence-electron chi connectivity index (χ3n) is 3.83. The van der Waals surface area contributed by atoms with Gasteiger partial charge in [-0.05, 0) is 33.6 Å². The molecule has 1 aliphatic rings. The maximum atomic E-state index is 12.6.